The quantitative estimate of drug-likeness (QED) is 0.538. The number of hydrogen-bond acceptors (Lipinski definition) is 4. The van der Waals surface area contributed by atoms with Gasteiger partial charge in [-0.25, -0.2) is 23.1 Å². The minimum absolute atomic E-state index is 0.0458. The van der Waals surface area contributed by atoms with Crippen molar-refractivity contribution < 1.29 is 17.6 Å². The second kappa shape index (κ2) is 6.18. The molecule has 0 spiro atoms. The van der Waals surface area contributed by atoms with Crippen molar-refractivity contribution in [2.24, 2.45) is 0 Å². The largest absolute Gasteiger partial charge is 0.464 e. The smallest absolute Gasteiger partial charge is 0.227 e. The summed E-state index contributed by atoms with van der Waals surface area (Å²) in [6.45, 7) is 1.75. The average Bonchev–Trinajstić information content (AvgIpc) is 3.07. The zero-order chi connectivity index (χ0) is 18.3. The van der Waals surface area contributed by atoms with Crippen molar-refractivity contribution in [1.82, 2.24) is 9.97 Å². The van der Waals surface area contributed by atoms with Gasteiger partial charge in [0.1, 0.15) is 22.9 Å². The van der Waals surface area contributed by atoms with E-state index >= 15 is 0 Å². The molecule has 0 radical (unpaired) electrons. The number of anilines is 2. The van der Waals surface area contributed by atoms with E-state index in [4.69, 9.17) is 4.42 Å². The van der Waals surface area contributed by atoms with Crippen molar-refractivity contribution in [2.75, 3.05) is 5.32 Å². The third-order valence-corrected chi connectivity index (χ3v) is 3.86. The molecule has 4 aromatic rings. The van der Waals surface area contributed by atoms with Crippen molar-refractivity contribution in [3.63, 3.8) is 0 Å². The molecule has 0 bridgehead atoms. The molecule has 0 atom stereocenters. The Balaban J connectivity index is 1.79. The Morgan fingerprint density at radius 3 is 2.65 bits per heavy atom. The standard InChI is InChI=1S/C19H12F3N3O/c1-10-6-11(20)8-12(7-10)24-19-23-9-16(22)17(25-19)14-2-3-15(21)13-4-5-26-18(13)14/h2-9H,1H3,(H,23,24,25). The second-order valence-electron chi connectivity index (χ2n) is 5.79. The number of nitrogens with zero attached hydrogens (tertiary/aromatic N) is 2. The number of aryl methyl sites for hydroxylation is 1. The molecule has 0 unspecified atom stereocenters. The number of aromatic nitrogens is 2. The molecule has 26 heavy (non-hydrogen) atoms. The van der Waals surface area contributed by atoms with Gasteiger partial charge in [-0.05, 0) is 48.9 Å². The van der Waals surface area contributed by atoms with Gasteiger partial charge in [-0.2, -0.15) is 0 Å². The van der Waals surface area contributed by atoms with Crippen LogP contribution in [0.1, 0.15) is 5.56 Å². The normalized spacial score (nSPS) is 11.1. The first-order valence-electron chi connectivity index (χ1n) is 7.74. The number of hydrogen-bond donors (Lipinski definition) is 1. The lowest BCUT2D eigenvalue weighted by molar-refractivity contribution is 0.605. The third-order valence-electron chi connectivity index (χ3n) is 3.86. The van der Waals surface area contributed by atoms with Crippen LogP contribution in [0.2, 0.25) is 0 Å². The van der Waals surface area contributed by atoms with Gasteiger partial charge in [-0.1, -0.05) is 0 Å². The molecule has 0 aliphatic carbocycles. The van der Waals surface area contributed by atoms with E-state index in [1.165, 1.54) is 36.6 Å². The predicted molar refractivity (Wildman–Crippen MR) is 91.6 cm³/mol. The maximum atomic E-state index is 14.3. The molecule has 7 heteroatoms. The van der Waals surface area contributed by atoms with Crippen LogP contribution in [0, 0.1) is 24.4 Å². The molecule has 130 valence electrons. The Kier molecular flexibility index (Phi) is 3.84. The highest BCUT2D eigenvalue weighted by Gasteiger charge is 2.17. The van der Waals surface area contributed by atoms with Crippen LogP contribution >= 0.6 is 0 Å². The Hall–Kier alpha value is -3.35. The summed E-state index contributed by atoms with van der Waals surface area (Å²) in [6, 6.07) is 8.44. The van der Waals surface area contributed by atoms with E-state index in [-0.39, 0.29) is 22.6 Å². The Morgan fingerprint density at radius 2 is 1.85 bits per heavy atom. The monoisotopic (exact) mass is 355 g/mol. The van der Waals surface area contributed by atoms with Crippen molar-refractivity contribution in [2.45, 2.75) is 6.92 Å². The number of halogens is 3. The molecule has 4 nitrogen and oxygen atoms in total. The van der Waals surface area contributed by atoms with Crippen molar-refractivity contribution >= 4 is 22.6 Å². The minimum atomic E-state index is -0.685. The number of rotatable bonds is 3. The van der Waals surface area contributed by atoms with Gasteiger partial charge in [-0.15, -0.1) is 0 Å². The van der Waals surface area contributed by atoms with Crippen molar-refractivity contribution in [1.29, 1.82) is 0 Å². The van der Waals surface area contributed by atoms with Gasteiger partial charge >= 0.3 is 0 Å². The van der Waals surface area contributed by atoms with Crippen LogP contribution in [0.15, 0.2) is 53.3 Å². The van der Waals surface area contributed by atoms with E-state index in [1.54, 1.807) is 13.0 Å². The average molecular weight is 355 g/mol. The van der Waals surface area contributed by atoms with Gasteiger partial charge in [-0.3, -0.25) is 0 Å². The Bertz CT molecular complexity index is 1100. The van der Waals surface area contributed by atoms with E-state index in [0.29, 0.717) is 16.8 Å². The van der Waals surface area contributed by atoms with E-state index in [1.807, 2.05) is 0 Å². The minimum Gasteiger partial charge on any atom is -0.464 e. The summed E-state index contributed by atoms with van der Waals surface area (Å²) >= 11 is 0. The second-order valence-corrected chi connectivity index (χ2v) is 5.79. The van der Waals surface area contributed by atoms with Crippen LogP contribution in [0.25, 0.3) is 22.2 Å². The number of benzene rings is 2. The molecule has 0 aliphatic heterocycles. The predicted octanol–water partition coefficient (Wildman–Crippen LogP) is 5.36. The van der Waals surface area contributed by atoms with Crippen molar-refractivity contribution in [3.05, 3.63) is 71.9 Å². The van der Waals surface area contributed by atoms with Gasteiger partial charge in [0.05, 0.1) is 17.8 Å². The maximum absolute atomic E-state index is 14.3. The Labute approximate surface area is 146 Å². The fraction of sp³-hybridized carbons (Fsp3) is 0.0526. The molecule has 0 saturated heterocycles. The van der Waals surface area contributed by atoms with Crippen LogP contribution in [-0.4, -0.2) is 9.97 Å². The van der Waals surface area contributed by atoms with E-state index < -0.39 is 17.5 Å². The third kappa shape index (κ3) is 2.88. The lowest BCUT2D eigenvalue weighted by atomic mass is 10.1. The summed E-state index contributed by atoms with van der Waals surface area (Å²) in [5.41, 5.74) is 1.59. The van der Waals surface area contributed by atoms with E-state index in [9.17, 15) is 13.2 Å². The van der Waals surface area contributed by atoms with Gasteiger partial charge in [0.2, 0.25) is 5.95 Å². The molecule has 0 fully saturated rings. The maximum Gasteiger partial charge on any atom is 0.227 e. The molecule has 0 aliphatic rings. The Morgan fingerprint density at radius 1 is 1.00 bits per heavy atom. The molecule has 2 aromatic heterocycles. The SMILES string of the molecule is Cc1cc(F)cc(Nc2ncc(F)c(-c3ccc(F)c4ccoc34)n2)c1. The summed E-state index contributed by atoms with van der Waals surface area (Å²) < 4.78 is 47.0. The molecular formula is C19H12F3N3O. The highest BCUT2D eigenvalue weighted by molar-refractivity contribution is 5.92. The summed E-state index contributed by atoms with van der Waals surface area (Å²) in [5, 5.41) is 3.07. The lowest BCUT2D eigenvalue weighted by Crippen LogP contribution is -2.01. The van der Waals surface area contributed by atoms with Crippen LogP contribution in [0.4, 0.5) is 24.8 Å². The van der Waals surface area contributed by atoms with Crippen LogP contribution in [0.5, 0.6) is 0 Å². The molecule has 4 rings (SSSR count). The molecule has 0 saturated carbocycles. The fourth-order valence-electron chi connectivity index (χ4n) is 2.77. The molecule has 2 heterocycles. The van der Waals surface area contributed by atoms with Crippen molar-refractivity contribution in [3.8, 4) is 11.3 Å². The molecule has 1 N–H and O–H groups in total. The van der Waals surface area contributed by atoms with Crippen LogP contribution in [0.3, 0.4) is 0 Å². The fourth-order valence-corrected chi connectivity index (χ4v) is 2.77. The molecular weight excluding hydrogens is 343 g/mol. The van der Waals surface area contributed by atoms with Gasteiger partial charge in [0, 0.05) is 11.3 Å². The molecule has 0 amide bonds. The zero-order valence-electron chi connectivity index (χ0n) is 13.6. The number of nitrogens with one attached hydrogen (secondary N) is 1. The summed E-state index contributed by atoms with van der Waals surface area (Å²) in [4.78, 5) is 8.03. The number of fused-ring (bicyclic) bond motifs is 1. The van der Waals surface area contributed by atoms with E-state index in [2.05, 4.69) is 15.3 Å². The van der Waals surface area contributed by atoms with Gasteiger partial charge in [0.15, 0.2) is 5.82 Å². The van der Waals surface area contributed by atoms with Gasteiger partial charge < -0.3 is 9.73 Å². The van der Waals surface area contributed by atoms with Crippen LogP contribution in [-0.2, 0) is 0 Å². The van der Waals surface area contributed by atoms with Gasteiger partial charge in [0.25, 0.3) is 0 Å². The number of furan rings is 1. The first-order valence-corrected chi connectivity index (χ1v) is 7.74. The highest BCUT2D eigenvalue weighted by Crippen LogP contribution is 2.32. The topological polar surface area (TPSA) is 51.0 Å². The first kappa shape index (κ1) is 16.1. The van der Waals surface area contributed by atoms with Crippen LogP contribution < -0.4 is 5.32 Å². The highest BCUT2D eigenvalue weighted by atomic mass is 19.1. The summed E-state index contributed by atoms with van der Waals surface area (Å²) in [5.74, 6) is -1.49. The zero-order valence-corrected chi connectivity index (χ0v) is 13.6. The lowest BCUT2D eigenvalue weighted by Gasteiger charge is -2.09. The summed E-state index contributed by atoms with van der Waals surface area (Å²) in [7, 11) is 0. The molecule has 2 aromatic carbocycles. The first-order chi connectivity index (χ1) is 12.5. The summed E-state index contributed by atoms with van der Waals surface area (Å²) in [6.07, 6.45) is 2.32. The van der Waals surface area contributed by atoms with E-state index in [0.717, 1.165) is 6.20 Å².